The van der Waals surface area contributed by atoms with E-state index >= 15 is 0 Å². The fraction of sp³-hybridized carbons (Fsp3) is 0.304. The average Bonchev–Trinajstić information content (AvgIpc) is 2.97. The van der Waals surface area contributed by atoms with Gasteiger partial charge in [-0.15, -0.1) is 0 Å². The van der Waals surface area contributed by atoms with E-state index in [1.807, 2.05) is 58.0 Å². The molecule has 0 spiro atoms. The van der Waals surface area contributed by atoms with E-state index in [9.17, 15) is 9.18 Å². The van der Waals surface area contributed by atoms with Crippen LogP contribution in [0.25, 0.3) is 6.08 Å². The first-order valence-electron chi connectivity index (χ1n) is 9.61. The Bertz CT molecular complexity index is 919. The van der Waals surface area contributed by atoms with Crippen LogP contribution in [0, 0.1) is 5.82 Å². The van der Waals surface area contributed by atoms with Gasteiger partial charge in [0.1, 0.15) is 18.2 Å². The standard InChI is InChI=1S/C23H25FN2O2S/c1-15(2)25-23-26(16(3)4)22(27)21(29-23)13-17-7-11-20(12-8-17)28-14-18-5-9-19(24)10-6-18/h5-13,15-16H,14H2,1-4H3/b21-13+,25-23?. The molecule has 1 aliphatic rings. The van der Waals surface area contributed by atoms with Gasteiger partial charge >= 0.3 is 0 Å². The van der Waals surface area contributed by atoms with E-state index in [0.717, 1.165) is 16.3 Å². The summed E-state index contributed by atoms with van der Waals surface area (Å²) < 4.78 is 18.7. The summed E-state index contributed by atoms with van der Waals surface area (Å²) in [6.45, 7) is 8.36. The smallest absolute Gasteiger partial charge is 0.266 e. The van der Waals surface area contributed by atoms with Crippen molar-refractivity contribution in [1.82, 2.24) is 4.90 Å². The number of nitrogens with zero attached hydrogens (tertiary/aromatic N) is 2. The Balaban J connectivity index is 1.70. The van der Waals surface area contributed by atoms with Crippen molar-refractivity contribution in [3.05, 3.63) is 70.4 Å². The summed E-state index contributed by atoms with van der Waals surface area (Å²) in [7, 11) is 0. The van der Waals surface area contributed by atoms with Crippen molar-refractivity contribution in [2.75, 3.05) is 0 Å². The first kappa shape index (κ1) is 21.1. The molecule has 0 bridgehead atoms. The molecular weight excluding hydrogens is 387 g/mol. The highest BCUT2D eigenvalue weighted by Gasteiger charge is 2.35. The molecule has 0 unspecified atom stereocenters. The Kier molecular flexibility index (Phi) is 6.75. The van der Waals surface area contributed by atoms with Gasteiger partial charge in [0.2, 0.25) is 0 Å². The predicted octanol–water partition coefficient (Wildman–Crippen LogP) is 5.49. The molecule has 3 rings (SSSR count). The van der Waals surface area contributed by atoms with Crippen molar-refractivity contribution in [3.63, 3.8) is 0 Å². The first-order chi connectivity index (χ1) is 13.8. The van der Waals surface area contributed by atoms with E-state index in [0.29, 0.717) is 17.3 Å². The van der Waals surface area contributed by atoms with Gasteiger partial charge in [-0.25, -0.2) is 4.39 Å². The first-order valence-corrected chi connectivity index (χ1v) is 10.4. The zero-order chi connectivity index (χ0) is 21.0. The van der Waals surface area contributed by atoms with Gasteiger partial charge in [0.25, 0.3) is 5.91 Å². The third kappa shape index (κ3) is 5.48. The second kappa shape index (κ2) is 9.27. The Morgan fingerprint density at radius 1 is 1.07 bits per heavy atom. The van der Waals surface area contributed by atoms with E-state index in [1.54, 1.807) is 17.0 Å². The Hall–Kier alpha value is -2.60. The molecule has 2 aromatic carbocycles. The third-order valence-electron chi connectivity index (χ3n) is 4.22. The minimum atomic E-state index is -0.261. The van der Waals surface area contributed by atoms with Gasteiger partial charge in [-0.1, -0.05) is 24.3 Å². The minimum absolute atomic E-state index is 0.0129. The fourth-order valence-electron chi connectivity index (χ4n) is 2.81. The highest BCUT2D eigenvalue weighted by Crippen LogP contribution is 2.34. The summed E-state index contributed by atoms with van der Waals surface area (Å²) in [6, 6.07) is 14.0. The molecule has 1 aliphatic heterocycles. The molecule has 1 heterocycles. The second-order valence-electron chi connectivity index (χ2n) is 7.37. The van der Waals surface area contributed by atoms with Crippen LogP contribution in [-0.2, 0) is 11.4 Å². The van der Waals surface area contributed by atoms with E-state index in [-0.39, 0.29) is 23.8 Å². The van der Waals surface area contributed by atoms with Crippen LogP contribution in [0.15, 0.2) is 58.4 Å². The van der Waals surface area contributed by atoms with Crippen LogP contribution >= 0.6 is 11.8 Å². The van der Waals surface area contributed by atoms with Crippen LogP contribution in [0.4, 0.5) is 4.39 Å². The molecule has 0 aliphatic carbocycles. The number of thioether (sulfide) groups is 1. The van der Waals surface area contributed by atoms with Gasteiger partial charge in [0, 0.05) is 12.1 Å². The van der Waals surface area contributed by atoms with Crippen LogP contribution in [0.2, 0.25) is 0 Å². The highest BCUT2D eigenvalue weighted by atomic mass is 32.2. The van der Waals surface area contributed by atoms with Gasteiger partial charge in [0.05, 0.1) is 4.91 Å². The maximum Gasteiger partial charge on any atom is 0.266 e. The predicted molar refractivity (Wildman–Crippen MR) is 117 cm³/mol. The van der Waals surface area contributed by atoms with Crippen molar-refractivity contribution in [3.8, 4) is 5.75 Å². The summed E-state index contributed by atoms with van der Waals surface area (Å²) in [4.78, 5) is 19.8. The molecule has 6 heteroatoms. The van der Waals surface area contributed by atoms with Gasteiger partial charge in [-0.3, -0.25) is 14.7 Å². The molecule has 4 nitrogen and oxygen atoms in total. The molecule has 0 radical (unpaired) electrons. The maximum atomic E-state index is 13.0. The van der Waals surface area contributed by atoms with Crippen molar-refractivity contribution in [2.45, 2.75) is 46.4 Å². The lowest BCUT2D eigenvalue weighted by atomic mass is 10.2. The van der Waals surface area contributed by atoms with Crippen LogP contribution in [0.5, 0.6) is 5.75 Å². The lowest BCUT2D eigenvalue weighted by Crippen LogP contribution is -2.35. The quantitative estimate of drug-likeness (QED) is 0.589. The molecule has 0 atom stereocenters. The summed E-state index contributed by atoms with van der Waals surface area (Å²) in [5.41, 5.74) is 1.82. The number of ether oxygens (including phenoxy) is 1. The molecule has 1 amide bonds. The number of hydrogen-bond donors (Lipinski definition) is 0. The lowest BCUT2D eigenvalue weighted by Gasteiger charge is -2.20. The lowest BCUT2D eigenvalue weighted by molar-refractivity contribution is -0.123. The van der Waals surface area contributed by atoms with Crippen molar-refractivity contribution >= 4 is 28.9 Å². The van der Waals surface area contributed by atoms with Crippen molar-refractivity contribution < 1.29 is 13.9 Å². The number of carbonyl (C=O) groups is 1. The van der Waals surface area contributed by atoms with Gasteiger partial charge in [-0.2, -0.15) is 0 Å². The van der Waals surface area contributed by atoms with E-state index < -0.39 is 0 Å². The molecule has 2 aromatic rings. The number of benzene rings is 2. The van der Waals surface area contributed by atoms with E-state index in [2.05, 4.69) is 4.99 Å². The molecule has 1 saturated heterocycles. The number of carbonyl (C=O) groups excluding carboxylic acids is 1. The highest BCUT2D eigenvalue weighted by molar-refractivity contribution is 8.18. The summed E-state index contributed by atoms with van der Waals surface area (Å²) >= 11 is 1.42. The van der Waals surface area contributed by atoms with E-state index in [4.69, 9.17) is 4.74 Å². The molecule has 152 valence electrons. The van der Waals surface area contributed by atoms with Crippen LogP contribution < -0.4 is 4.74 Å². The normalized spacial score (nSPS) is 17.2. The SMILES string of the molecule is CC(C)N=C1S/C(=C/c2ccc(OCc3ccc(F)cc3)cc2)C(=O)N1C(C)C. The molecule has 29 heavy (non-hydrogen) atoms. The number of rotatable bonds is 6. The molecule has 0 saturated carbocycles. The zero-order valence-electron chi connectivity index (χ0n) is 17.1. The number of amidine groups is 1. The summed E-state index contributed by atoms with van der Waals surface area (Å²) in [5.74, 6) is 0.442. The van der Waals surface area contributed by atoms with Crippen LogP contribution in [0.3, 0.4) is 0 Å². The summed E-state index contributed by atoms with van der Waals surface area (Å²) in [6.07, 6.45) is 1.88. The number of amides is 1. The van der Waals surface area contributed by atoms with Crippen molar-refractivity contribution in [2.24, 2.45) is 4.99 Å². The molecule has 1 fully saturated rings. The van der Waals surface area contributed by atoms with Gasteiger partial charge in [0.15, 0.2) is 5.17 Å². The average molecular weight is 413 g/mol. The van der Waals surface area contributed by atoms with Gasteiger partial charge in [-0.05, 0) is 80.9 Å². The van der Waals surface area contributed by atoms with Gasteiger partial charge < -0.3 is 4.74 Å². The maximum absolute atomic E-state index is 13.0. The zero-order valence-corrected chi connectivity index (χ0v) is 17.9. The van der Waals surface area contributed by atoms with Crippen LogP contribution in [0.1, 0.15) is 38.8 Å². The monoisotopic (exact) mass is 412 g/mol. The van der Waals surface area contributed by atoms with Crippen molar-refractivity contribution in [1.29, 1.82) is 0 Å². The fourth-order valence-corrected chi connectivity index (χ4v) is 4.04. The number of hydrogen-bond acceptors (Lipinski definition) is 4. The van der Waals surface area contributed by atoms with Crippen LogP contribution in [-0.4, -0.2) is 28.1 Å². The summed E-state index contributed by atoms with van der Waals surface area (Å²) in [5, 5.41) is 0.755. The minimum Gasteiger partial charge on any atom is -0.489 e. The largest absolute Gasteiger partial charge is 0.489 e. The Morgan fingerprint density at radius 3 is 2.31 bits per heavy atom. The Morgan fingerprint density at radius 2 is 1.72 bits per heavy atom. The third-order valence-corrected chi connectivity index (χ3v) is 5.22. The topological polar surface area (TPSA) is 41.9 Å². The molecule has 0 N–H and O–H groups in total. The number of halogens is 1. The molecule has 0 aromatic heterocycles. The van der Waals surface area contributed by atoms with E-state index in [1.165, 1.54) is 23.9 Å². The second-order valence-corrected chi connectivity index (χ2v) is 8.38. The number of aliphatic imine (C=N–C) groups is 1. The molecular formula is C23H25FN2O2S. The Labute approximate surface area is 175 Å².